The van der Waals surface area contributed by atoms with Crippen LogP contribution in [-0.4, -0.2) is 52.9 Å². The number of rotatable bonds is 3. The number of benzene rings is 2. The van der Waals surface area contributed by atoms with Crippen molar-refractivity contribution >= 4 is 35.1 Å². The molecular weight excluding hydrogens is 558 g/mol. The first-order valence-corrected chi connectivity index (χ1v) is 13.3. The van der Waals surface area contributed by atoms with Crippen molar-refractivity contribution in [3.63, 3.8) is 0 Å². The van der Waals surface area contributed by atoms with Crippen LogP contribution in [0.25, 0.3) is 34.1 Å². The van der Waals surface area contributed by atoms with Crippen molar-refractivity contribution in [2.75, 3.05) is 7.11 Å². The maximum atomic E-state index is 14.4. The summed E-state index contributed by atoms with van der Waals surface area (Å²) in [4.78, 5) is 25.6. The molecule has 12 heteroatoms. The lowest BCUT2D eigenvalue weighted by molar-refractivity contribution is 0.0905. The van der Waals surface area contributed by atoms with E-state index in [1.54, 1.807) is 62.9 Å². The summed E-state index contributed by atoms with van der Waals surface area (Å²) in [5.41, 5.74) is 1.83. The Kier molecular flexibility index (Phi) is 5.29. The largest absolute Gasteiger partial charge is 0.507 e. The molecule has 5 aromatic rings. The lowest BCUT2D eigenvalue weighted by atomic mass is 9.71. The molecule has 0 spiro atoms. The molecule has 0 fully saturated rings. The summed E-state index contributed by atoms with van der Waals surface area (Å²) in [5.74, 6) is -0.0415. The molecule has 0 saturated heterocycles. The van der Waals surface area contributed by atoms with Gasteiger partial charge in [-0.15, -0.1) is 0 Å². The summed E-state index contributed by atoms with van der Waals surface area (Å²) >= 11 is 5.09. The number of nitrogens with one attached hydrogen (secondary N) is 1. The van der Waals surface area contributed by atoms with Gasteiger partial charge in [-0.2, -0.15) is 10.1 Å². The van der Waals surface area contributed by atoms with Gasteiger partial charge in [-0.3, -0.25) is 4.79 Å². The molecule has 4 N–H and O–H groups in total. The molecule has 11 nitrogen and oxygen atoms in total. The molecular formula is C30H23N5O6S. The number of phenols is 2. The molecule has 0 radical (unpaired) electrons. The number of allylic oxidation sites excluding steroid dienone is 1. The number of methoxy groups -OCH3 is 1. The van der Waals surface area contributed by atoms with Gasteiger partial charge in [0.1, 0.15) is 39.8 Å². The zero-order chi connectivity index (χ0) is 29.7. The van der Waals surface area contributed by atoms with Crippen molar-refractivity contribution in [1.29, 1.82) is 0 Å². The minimum absolute atomic E-state index is 0.0329. The number of pyridine rings is 1. The van der Waals surface area contributed by atoms with Gasteiger partial charge >= 0.3 is 0 Å². The van der Waals surface area contributed by atoms with Crippen molar-refractivity contribution in [3.8, 4) is 45.8 Å². The van der Waals surface area contributed by atoms with Crippen molar-refractivity contribution < 1.29 is 29.6 Å². The summed E-state index contributed by atoms with van der Waals surface area (Å²) in [6, 6.07) is 10.4. The van der Waals surface area contributed by atoms with Crippen molar-refractivity contribution in [3.05, 3.63) is 75.0 Å². The number of ketones is 1. The standard InChI is InChI=1S/C30H23N5O6S/c1-12-23(36)21(17-10-9-16-27(31-17)32-29(42)33-28(16)39)25-22(24(12)37)30(3)19(41-25)11-18-20(26(30)38)13(2)34-35(18)14-5-7-15(40-4)8-6-14/h5-11,36-37H,1-4H3,(H2,31,32,33,39,42)/t30-/m0/s1. The molecule has 0 amide bonds. The van der Waals surface area contributed by atoms with E-state index in [9.17, 15) is 20.1 Å². The summed E-state index contributed by atoms with van der Waals surface area (Å²) in [6.45, 7) is 5.00. The van der Waals surface area contributed by atoms with Crippen molar-refractivity contribution in [1.82, 2.24) is 24.7 Å². The van der Waals surface area contributed by atoms with Gasteiger partial charge in [0.2, 0.25) is 10.7 Å². The van der Waals surface area contributed by atoms with Crippen LogP contribution >= 0.6 is 12.2 Å². The first kappa shape index (κ1) is 25.7. The van der Waals surface area contributed by atoms with Crippen LogP contribution in [0, 0.1) is 18.6 Å². The minimum atomic E-state index is -1.41. The molecule has 1 atom stereocenters. The van der Waals surface area contributed by atoms with Gasteiger partial charge in [0.25, 0.3) is 0 Å². The van der Waals surface area contributed by atoms with Crippen LogP contribution in [0.5, 0.6) is 28.9 Å². The number of aromatic hydroxyl groups is 3. The number of H-pyrrole nitrogens is 1. The number of nitrogens with zero attached hydrogens (tertiary/aromatic N) is 4. The topological polar surface area (TPSA) is 156 Å². The number of carbonyl (C=O) groups is 1. The minimum Gasteiger partial charge on any atom is -0.507 e. The summed E-state index contributed by atoms with van der Waals surface area (Å²) in [7, 11) is 1.58. The highest BCUT2D eigenvalue weighted by molar-refractivity contribution is 7.71. The Balaban J connectivity index is 1.46. The van der Waals surface area contributed by atoms with E-state index in [1.165, 1.54) is 0 Å². The van der Waals surface area contributed by atoms with Crippen LogP contribution in [0.2, 0.25) is 0 Å². The second kappa shape index (κ2) is 8.63. The van der Waals surface area contributed by atoms with E-state index in [4.69, 9.17) is 21.7 Å². The first-order valence-electron chi connectivity index (χ1n) is 12.9. The van der Waals surface area contributed by atoms with Crippen LogP contribution < -0.4 is 9.47 Å². The van der Waals surface area contributed by atoms with Crippen LogP contribution in [0.3, 0.4) is 0 Å². The number of aromatic amines is 1. The molecule has 0 saturated carbocycles. The van der Waals surface area contributed by atoms with Crippen LogP contribution in [0.15, 0.2) is 42.2 Å². The van der Waals surface area contributed by atoms with Crippen LogP contribution in [-0.2, 0) is 5.41 Å². The third kappa shape index (κ3) is 3.29. The highest BCUT2D eigenvalue weighted by Gasteiger charge is 2.55. The van der Waals surface area contributed by atoms with Crippen molar-refractivity contribution in [2.24, 2.45) is 0 Å². The van der Waals surface area contributed by atoms with Gasteiger partial charge < -0.3 is 29.8 Å². The first-order chi connectivity index (χ1) is 20.0. The Hall–Kier alpha value is -5.23. The molecule has 1 aliphatic heterocycles. The summed E-state index contributed by atoms with van der Waals surface area (Å²) < 4.78 is 13.3. The molecule has 4 heterocycles. The zero-order valence-electron chi connectivity index (χ0n) is 22.8. The number of Topliss-reactive ketones (excluding diaryl/α,β-unsaturated/α-hetero) is 1. The molecule has 2 aromatic carbocycles. The number of hydrogen-bond donors (Lipinski definition) is 4. The Morgan fingerprint density at radius 2 is 1.76 bits per heavy atom. The second-order valence-electron chi connectivity index (χ2n) is 10.4. The van der Waals surface area contributed by atoms with Crippen molar-refractivity contribution in [2.45, 2.75) is 26.2 Å². The molecule has 0 unspecified atom stereocenters. The Labute approximate surface area is 243 Å². The maximum Gasteiger partial charge on any atom is 0.224 e. The average Bonchev–Trinajstić information content (AvgIpc) is 3.46. The van der Waals surface area contributed by atoms with E-state index in [2.05, 4.69) is 20.1 Å². The van der Waals surface area contributed by atoms with Crippen LogP contribution in [0.1, 0.15) is 39.8 Å². The van der Waals surface area contributed by atoms with Gasteiger partial charge in [0, 0.05) is 11.6 Å². The third-order valence-corrected chi connectivity index (χ3v) is 8.22. The van der Waals surface area contributed by atoms with Gasteiger partial charge in [-0.25, -0.2) is 9.67 Å². The number of ether oxygens (including phenoxy) is 2. The lowest BCUT2D eigenvalue weighted by Crippen LogP contribution is -2.36. The molecule has 42 heavy (non-hydrogen) atoms. The maximum absolute atomic E-state index is 14.4. The van der Waals surface area contributed by atoms with E-state index in [0.717, 1.165) is 5.69 Å². The highest BCUT2D eigenvalue weighted by atomic mass is 32.1. The Bertz CT molecular complexity index is 2110. The lowest BCUT2D eigenvalue weighted by Gasteiger charge is -2.27. The van der Waals surface area contributed by atoms with E-state index in [0.29, 0.717) is 28.1 Å². The van der Waals surface area contributed by atoms with Gasteiger partial charge in [0.15, 0.2) is 5.78 Å². The average molecular weight is 582 g/mol. The van der Waals surface area contributed by atoms with E-state index in [1.807, 2.05) is 12.1 Å². The molecule has 1 aliphatic carbocycles. The SMILES string of the molecule is COc1ccc(-n2nc(C)c3c2C=C2Oc4c(-c5ccc6c(O)nc(=S)[nH]c6n5)c(O)c(C)c(O)c4[C@@]2(C)C3=O)cc1. The normalized spacial score (nSPS) is 17.0. The molecule has 0 bridgehead atoms. The van der Waals surface area contributed by atoms with E-state index >= 15 is 0 Å². The van der Waals surface area contributed by atoms with Gasteiger partial charge in [0.05, 0.1) is 52.0 Å². The fourth-order valence-electron chi connectivity index (χ4n) is 5.78. The third-order valence-electron chi connectivity index (χ3n) is 8.03. The fourth-order valence-corrected chi connectivity index (χ4v) is 5.96. The fraction of sp³-hybridized carbons (Fsp3) is 0.167. The Morgan fingerprint density at radius 3 is 2.48 bits per heavy atom. The highest BCUT2D eigenvalue weighted by Crippen LogP contribution is 2.60. The smallest absolute Gasteiger partial charge is 0.224 e. The molecule has 2 aliphatic rings. The summed E-state index contributed by atoms with van der Waals surface area (Å²) in [5, 5.41) is 37.8. The molecule has 210 valence electrons. The predicted octanol–water partition coefficient (Wildman–Crippen LogP) is 5.17. The van der Waals surface area contributed by atoms with Gasteiger partial charge in [-0.05, 0) is 69.4 Å². The number of aromatic nitrogens is 5. The van der Waals surface area contributed by atoms with E-state index < -0.39 is 5.41 Å². The van der Waals surface area contributed by atoms with Gasteiger partial charge in [-0.1, -0.05) is 0 Å². The number of aryl methyl sites for hydroxylation is 1. The monoisotopic (exact) mass is 581 g/mol. The quantitative estimate of drug-likeness (QED) is 0.210. The number of carbonyl (C=O) groups excluding carboxylic acids is 1. The zero-order valence-corrected chi connectivity index (χ0v) is 23.6. The second-order valence-corrected chi connectivity index (χ2v) is 10.8. The molecule has 3 aromatic heterocycles. The Morgan fingerprint density at radius 1 is 1.02 bits per heavy atom. The number of fused-ring (bicyclic) bond motifs is 5. The predicted molar refractivity (Wildman–Crippen MR) is 155 cm³/mol. The van der Waals surface area contributed by atoms with Crippen LogP contribution in [0.4, 0.5) is 0 Å². The number of hydrogen-bond acceptors (Lipinski definition) is 10. The number of phenolic OH excluding ortho intramolecular Hbond substituents is 2. The summed E-state index contributed by atoms with van der Waals surface area (Å²) in [6.07, 6.45) is 1.74. The molecule has 7 rings (SSSR count). The van der Waals surface area contributed by atoms with E-state index in [-0.39, 0.29) is 67.5 Å².